The number of allylic oxidation sites excluding steroid dienone is 2. The first-order valence-corrected chi connectivity index (χ1v) is 5.14. The zero-order valence-electron chi connectivity index (χ0n) is 9.83. The molecule has 1 aromatic rings. The summed E-state index contributed by atoms with van der Waals surface area (Å²) in [5.74, 6) is 0. The summed E-state index contributed by atoms with van der Waals surface area (Å²) >= 11 is 0. The van der Waals surface area contributed by atoms with Crippen LogP contribution in [-0.4, -0.2) is 6.72 Å². The second kappa shape index (κ2) is 7.74. The van der Waals surface area contributed by atoms with E-state index in [0.29, 0.717) is 0 Å². The average Bonchev–Trinajstić information content (AvgIpc) is 2.30. The van der Waals surface area contributed by atoms with Gasteiger partial charge < -0.3 is 0 Å². The molecule has 0 aliphatic carbocycles. The molecule has 80 valence electrons. The summed E-state index contributed by atoms with van der Waals surface area (Å²) in [6.45, 7) is 13.2. The lowest BCUT2D eigenvalue weighted by atomic mass is 10.1. The molecule has 0 aromatic heterocycles. The van der Waals surface area contributed by atoms with Crippen LogP contribution in [0.5, 0.6) is 0 Å². The number of benzene rings is 1. The number of hydrogen-bond donors (Lipinski definition) is 0. The van der Waals surface area contributed by atoms with Crippen molar-refractivity contribution in [2.75, 3.05) is 0 Å². The Hall–Kier alpha value is -1.63. The highest BCUT2D eigenvalue weighted by molar-refractivity contribution is 5.69. The zero-order chi connectivity index (χ0) is 11.7. The predicted molar refractivity (Wildman–Crippen MR) is 70.3 cm³/mol. The van der Waals surface area contributed by atoms with E-state index in [0.717, 1.165) is 11.3 Å². The van der Waals surface area contributed by atoms with E-state index in [4.69, 9.17) is 0 Å². The molecule has 0 spiro atoms. The maximum Gasteiger partial charge on any atom is 0.0694 e. The Morgan fingerprint density at radius 3 is 2.13 bits per heavy atom. The molecule has 0 atom stereocenters. The molecule has 0 radical (unpaired) electrons. The maximum atomic E-state index is 3.92. The first-order valence-electron chi connectivity index (χ1n) is 5.14. The minimum atomic E-state index is 0.856. The number of rotatable bonds is 3. The lowest BCUT2D eigenvalue weighted by molar-refractivity contribution is 1.43. The summed E-state index contributed by atoms with van der Waals surface area (Å²) in [6.07, 6.45) is 3.56. The summed E-state index contributed by atoms with van der Waals surface area (Å²) in [6, 6.07) is 8.16. The van der Waals surface area contributed by atoms with Crippen LogP contribution in [0, 0.1) is 6.92 Å². The van der Waals surface area contributed by atoms with E-state index in [1.807, 2.05) is 32.1 Å². The number of nitrogens with zero attached hydrogens (tertiary/aromatic N) is 1. The van der Waals surface area contributed by atoms with E-state index >= 15 is 0 Å². The van der Waals surface area contributed by atoms with Crippen molar-refractivity contribution in [3.8, 4) is 0 Å². The van der Waals surface area contributed by atoms with Crippen molar-refractivity contribution < 1.29 is 0 Å². The molecule has 1 heteroatoms. The third-order valence-corrected chi connectivity index (χ3v) is 1.79. The van der Waals surface area contributed by atoms with Gasteiger partial charge in [0.1, 0.15) is 0 Å². The van der Waals surface area contributed by atoms with Gasteiger partial charge in [0.25, 0.3) is 0 Å². The van der Waals surface area contributed by atoms with E-state index < -0.39 is 0 Å². The van der Waals surface area contributed by atoms with Crippen LogP contribution in [0.1, 0.15) is 25.0 Å². The molecule has 1 nitrogen and oxygen atoms in total. The second-order valence-electron chi connectivity index (χ2n) is 2.81. The standard InChI is InChI=1S/C12H13N.C2H6/c1-4-5-12(13-3)11-8-6-10(2)7-9-11;1-2/h4-9H,1,3H2,2H3;1-2H3/b12-5-;. The van der Waals surface area contributed by atoms with Crippen LogP contribution >= 0.6 is 0 Å². The number of hydrogen-bond acceptors (Lipinski definition) is 1. The monoisotopic (exact) mass is 201 g/mol. The molecule has 0 aliphatic rings. The molecule has 1 aromatic carbocycles. The third-order valence-electron chi connectivity index (χ3n) is 1.79. The Balaban J connectivity index is 0.000000921. The molecule has 0 N–H and O–H groups in total. The topological polar surface area (TPSA) is 12.4 Å². The van der Waals surface area contributed by atoms with Crippen molar-refractivity contribution in [3.05, 3.63) is 54.1 Å². The highest BCUT2D eigenvalue weighted by Gasteiger charge is 1.95. The highest BCUT2D eigenvalue weighted by atomic mass is 14.7. The Morgan fingerprint density at radius 1 is 1.20 bits per heavy atom. The normalized spacial score (nSPS) is 9.93. The summed E-state index contributed by atoms with van der Waals surface area (Å²) < 4.78 is 0. The first kappa shape index (κ1) is 13.4. The fourth-order valence-electron chi connectivity index (χ4n) is 1.08. The van der Waals surface area contributed by atoms with Gasteiger partial charge in [-0.25, -0.2) is 0 Å². The minimum Gasteiger partial charge on any atom is -0.264 e. The Bertz CT molecular complexity index is 331. The molecule has 1 rings (SSSR count). The molecular weight excluding hydrogens is 182 g/mol. The second-order valence-corrected chi connectivity index (χ2v) is 2.81. The van der Waals surface area contributed by atoms with Gasteiger partial charge in [-0.05, 0) is 19.7 Å². The van der Waals surface area contributed by atoms with Gasteiger partial charge in [-0.15, -0.1) is 0 Å². The van der Waals surface area contributed by atoms with Crippen molar-refractivity contribution in [2.24, 2.45) is 4.99 Å². The molecule has 0 unspecified atom stereocenters. The quantitative estimate of drug-likeness (QED) is 0.512. The van der Waals surface area contributed by atoms with Gasteiger partial charge in [-0.3, -0.25) is 4.99 Å². The van der Waals surface area contributed by atoms with Gasteiger partial charge >= 0.3 is 0 Å². The van der Waals surface area contributed by atoms with Crippen LogP contribution in [0.3, 0.4) is 0 Å². The Labute approximate surface area is 92.9 Å². The predicted octanol–water partition coefficient (Wildman–Crippen LogP) is 4.25. The van der Waals surface area contributed by atoms with Gasteiger partial charge in [0.2, 0.25) is 0 Å². The molecule has 0 amide bonds. The van der Waals surface area contributed by atoms with Gasteiger partial charge in [0.15, 0.2) is 0 Å². The molecule has 0 bridgehead atoms. The summed E-state index contributed by atoms with van der Waals surface area (Å²) in [5, 5.41) is 0. The number of aliphatic imine (C=N–C) groups is 1. The highest BCUT2D eigenvalue weighted by Crippen LogP contribution is 2.15. The molecule has 0 fully saturated rings. The molecule has 0 heterocycles. The fourth-order valence-corrected chi connectivity index (χ4v) is 1.08. The van der Waals surface area contributed by atoms with Gasteiger partial charge in [-0.1, -0.05) is 56.3 Å². The Kier molecular flexibility index (Phi) is 6.90. The molecule has 0 saturated heterocycles. The van der Waals surface area contributed by atoms with Crippen LogP contribution in [-0.2, 0) is 0 Å². The van der Waals surface area contributed by atoms with E-state index in [1.165, 1.54) is 5.56 Å². The van der Waals surface area contributed by atoms with Gasteiger partial charge in [0.05, 0.1) is 5.70 Å². The van der Waals surface area contributed by atoms with E-state index in [9.17, 15) is 0 Å². The largest absolute Gasteiger partial charge is 0.264 e. The van der Waals surface area contributed by atoms with Crippen LogP contribution < -0.4 is 0 Å². The van der Waals surface area contributed by atoms with Gasteiger partial charge in [-0.2, -0.15) is 0 Å². The van der Waals surface area contributed by atoms with Crippen LogP contribution in [0.15, 0.2) is 48.0 Å². The lowest BCUT2D eigenvalue weighted by Crippen LogP contribution is -1.80. The summed E-state index contributed by atoms with van der Waals surface area (Å²) in [7, 11) is 0. The van der Waals surface area contributed by atoms with Crippen molar-refractivity contribution in [3.63, 3.8) is 0 Å². The number of aryl methyl sites for hydroxylation is 1. The molecular formula is C14H19N. The molecule has 0 saturated carbocycles. The summed E-state index contributed by atoms with van der Waals surface area (Å²) in [4.78, 5) is 3.92. The minimum absolute atomic E-state index is 0.856. The lowest BCUT2D eigenvalue weighted by Gasteiger charge is -2.00. The Morgan fingerprint density at radius 2 is 1.73 bits per heavy atom. The fraction of sp³-hybridized carbons (Fsp3) is 0.214. The van der Waals surface area contributed by atoms with Crippen molar-refractivity contribution >= 4 is 12.4 Å². The van der Waals surface area contributed by atoms with Crippen LogP contribution in [0.25, 0.3) is 5.70 Å². The molecule has 15 heavy (non-hydrogen) atoms. The SMILES string of the molecule is C=C/C=C(\N=C)c1ccc(C)cc1.CC. The van der Waals surface area contributed by atoms with Crippen molar-refractivity contribution in [2.45, 2.75) is 20.8 Å². The van der Waals surface area contributed by atoms with Crippen molar-refractivity contribution in [1.29, 1.82) is 0 Å². The van der Waals surface area contributed by atoms with Crippen molar-refractivity contribution in [1.82, 2.24) is 0 Å². The maximum absolute atomic E-state index is 3.92. The van der Waals surface area contributed by atoms with E-state index in [2.05, 4.69) is 37.3 Å². The zero-order valence-corrected chi connectivity index (χ0v) is 9.83. The molecule has 0 aliphatic heterocycles. The first-order chi connectivity index (χ1) is 7.27. The third kappa shape index (κ3) is 4.41. The van der Waals surface area contributed by atoms with Gasteiger partial charge in [0, 0.05) is 5.56 Å². The average molecular weight is 201 g/mol. The summed E-state index contributed by atoms with van der Waals surface area (Å²) in [5.41, 5.74) is 3.17. The van der Waals surface area contributed by atoms with E-state index in [1.54, 1.807) is 6.08 Å². The van der Waals surface area contributed by atoms with E-state index in [-0.39, 0.29) is 0 Å². The van der Waals surface area contributed by atoms with Crippen LogP contribution in [0.4, 0.5) is 0 Å². The van der Waals surface area contributed by atoms with Crippen LogP contribution in [0.2, 0.25) is 0 Å². The smallest absolute Gasteiger partial charge is 0.0694 e.